The third kappa shape index (κ3) is 10.9. The first-order valence-electron chi connectivity index (χ1n) is 20.7. The molecule has 14 nitrogen and oxygen atoms in total. The van der Waals surface area contributed by atoms with Crippen molar-refractivity contribution in [2.75, 3.05) is 70.8 Å². The van der Waals surface area contributed by atoms with E-state index < -0.39 is 11.4 Å². The summed E-state index contributed by atoms with van der Waals surface area (Å²) in [6.07, 6.45) is 6.27. The first-order valence-corrected chi connectivity index (χ1v) is 21.8. The van der Waals surface area contributed by atoms with Crippen LogP contribution >= 0.6 is 11.8 Å². The average Bonchev–Trinajstić information content (AvgIpc) is 3.22. The van der Waals surface area contributed by atoms with Crippen LogP contribution < -0.4 is 26.2 Å². The van der Waals surface area contributed by atoms with E-state index in [-0.39, 0.29) is 46.5 Å². The Bertz CT molecular complexity index is 1990. The number of thioether (sulfide) groups is 1. The number of anilines is 1. The van der Waals surface area contributed by atoms with Crippen LogP contribution in [0.25, 0.3) is 10.9 Å². The molecular formula is C42H55FN8O6S. The molecule has 5 heterocycles. The number of nitrogens with one attached hydrogen (secondary N) is 4. The Hall–Kier alpha value is -4.54. The lowest BCUT2D eigenvalue weighted by Crippen LogP contribution is -2.51. The number of aromatic nitrogens is 2. The lowest BCUT2D eigenvalue weighted by molar-refractivity contribution is -0.135. The predicted octanol–water partition coefficient (Wildman–Crippen LogP) is 3.61. The second-order valence-corrected chi connectivity index (χ2v) is 17.3. The van der Waals surface area contributed by atoms with Gasteiger partial charge in [0.05, 0.1) is 30.5 Å². The van der Waals surface area contributed by atoms with Crippen LogP contribution in [0.5, 0.6) is 5.75 Å². The zero-order valence-electron chi connectivity index (χ0n) is 33.2. The van der Waals surface area contributed by atoms with E-state index in [1.54, 1.807) is 24.8 Å². The first kappa shape index (κ1) is 41.6. The molecular weight excluding hydrogens is 764 g/mol. The van der Waals surface area contributed by atoms with Gasteiger partial charge >= 0.3 is 0 Å². The molecule has 1 atom stereocenters. The molecule has 2 aromatic carbocycles. The third-order valence-corrected chi connectivity index (χ3v) is 13.4. The van der Waals surface area contributed by atoms with Gasteiger partial charge in [-0.25, -0.2) is 9.37 Å². The van der Waals surface area contributed by atoms with Crippen molar-refractivity contribution in [2.24, 2.45) is 5.92 Å². The highest BCUT2D eigenvalue weighted by molar-refractivity contribution is 7.99. The van der Waals surface area contributed by atoms with Gasteiger partial charge in [-0.2, -0.15) is 11.8 Å². The minimum absolute atomic E-state index is 0.0729. The van der Waals surface area contributed by atoms with Crippen LogP contribution in [0.3, 0.4) is 0 Å². The van der Waals surface area contributed by atoms with Crippen LogP contribution in [0.1, 0.15) is 75.6 Å². The number of piperidine rings is 4. The van der Waals surface area contributed by atoms with Gasteiger partial charge in [-0.05, 0) is 87.6 Å². The summed E-state index contributed by atoms with van der Waals surface area (Å²) in [5, 5.41) is 9.25. The molecule has 0 radical (unpaired) electrons. The summed E-state index contributed by atoms with van der Waals surface area (Å²) in [6, 6.07) is 11.0. The van der Waals surface area contributed by atoms with E-state index in [1.165, 1.54) is 11.6 Å². The van der Waals surface area contributed by atoms with Crippen LogP contribution in [0.15, 0.2) is 41.2 Å². The van der Waals surface area contributed by atoms with Crippen molar-refractivity contribution >= 4 is 52.0 Å². The van der Waals surface area contributed by atoms with Crippen molar-refractivity contribution in [3.8, 4) is 5.75 Å². The van der Waals surface area contributed by atoms with E-state index in [2.05, 4.69) is 55.1 Å². The molecule has 0 spiro atoms. The molecule has 4 fully saturated rings. The molecule has 4 aliphatic rings. The Morgan fingerprint density at radius 1 is 0.914 bits per heavy atom. The summed E-state index contributed by atoms with van der Waals surface area (Å²) in [6.45, 7) is 8.23. The number of carbonyl (C=O) groups excluding carboxylic acids is 4. The minimum Gasteiger partial charge on any atom is -0.493 e. The Kier molecular flexibility index (Phi) is 14.0. The van der Waals surface area contributed by atoms with Gasteiger partial charge in [0.25, 0.3) is 5.56 Å². The molecule has 312 valence electrons. The topological polar surface area (TPSA) is 169 Å². The fourth-order valence-corrected chi connectivity index (χ4v) is 9.50. The quantitative estimate of drug-likeness (QED) is 0.139. The number of imide groups is 1. The standard InChI is InChI=1S/C42H55FN8O6S/c1-27(52)50-18-8-28(9-19-50)25-57-32-22-34(43)40-36(23-32)46-37(47-42(40)56)26-58-33-12-16-49(17-13-33)24-39(54)51-20-10-30(11-21-51)29-2-4-31(5-3-29)44-14-15-45-35-6-7-38(53)48-41(35)55/h2-5,22-23,28,30,33,35,44-45H,6-21,24-26H2,1H3,(H,46,47,56)(H,48,53,55). The van der Waals surface area contributed by atoms with Crippen LogP contribution in [0, 0.1) is 11.7 Å². The molecule has 16 heteroatoms. The second kappa shape index (κ2) is 19.5. The normalized spacial score (nSPS) is 20.3. The number of likely N-dealkylation sites (tertiary alicyclic amines) is 3. The van der Waals surface area contributed by atoms with Gasteiger partial charge in [-0.15, -0.1) is 0 Å². The lowest BCUT2D eigenvalue weighted by Gasteiger charge is -2.36. The van der Waals surface area contributed by atoms with E-state index in [0.717, 1.165) is 70.4 Å². The number of hydrogen-bond donors (Lipinski definition) is 4. The van der Waals surface area contributed by atoms with Gasteiger partial charge in [0.1, 0.15) is 22.8 Å². The highest BCUT2D eigenvalue weighted by Crippen LogP contribution is 2.30. The van der Waals surface area contributed by atoms with Crippen molar-refractivity contribution in [1.82, 2.24) is 35.3 Å². The van der Waals surface area contributed by atoms with Gasteiger partial charge in [0, 0.05) is 75.7 Å². The Labute approximate surface area is 342 Å². The summed E-state index contributed by atoms with van der Waals surface area (Å²) in [4.78, 5) is 74.5. The number of amides is 4. The largest absolute Gasteiger partial charge is 0.493 e. The molecule has 4 N–H and O–H groups in total. The molecule has 7 rings (SSSR count). The summed E-state index contributed by atoms with van der Waals surface area (Å²) < 4.78 is 21.0. The van der Waals surface area contributed by atoms with Crippen LogP contribution in [0.2, 0.25) is 0 Å². The number of carbonyl (C=O) groups is 4. The Morgan fingerprint density at radius 2 is 1.64 bits per heavy atom. The molecule has 0 bridgehead atoms. The lowest BCUT2D eigenvalue weighted by atomic mass is 9.89. The number of rotatable bonds is 14. The first-order chi connectivity index (χ1) is 28.1. The summed E-state index contributed by atoms with van der Waals surface area (Å²) >= 11 is 1.73. The van der Waals surface area contributed by atoms with Crippen LogP contribution in [-0.4, -0.2) is 125 Å². The van der Waals surface area contributed by atoms with Crippen molar-refractivity contribution in [3.63, 3.8) is 0 Å². The maximum atomic E-state index is 15.0. The summed E-state index contributed by atoms with van der Waals surface area (Å²) in [7, 11) is 0. The Balaban J connectivity index is 0.795. The SMILES string of the molecule is CC(=O)N1CCC(COc2cc(F)c3c(=O)[nH]c(CSC4CCN(CC(=O)N5CCC(c6ccc(NCCNC7CCC(=O)NC7=O)cc6)CC5)CC4)nc3c2)CC1. The predicted molar refractivity (Wildman–Crippen MR) is 221 cm³/mol. The van der Waals surface area contributed by atoms with E-state index in [1.807, 2.05) is 9.80 Å². The van der Waals surface area contributed by atoms with E-state index in [9.17, 15) is 24.0 Å². The number of benzene rings is 2. The zero-order chi connectivity index (χ0) is 40.6. The van der Waals surface area contributed by atoms with Crippen molar-refractivity contribution < 1.29 is 28.3 Å². The minimum atomic E-state index is -0.659. The number of H-pyrrole nitrogens is 1. The number of nitrogens with zero attached hydrogens (tertiary/aromatic N) is 4. The van der Waals surface area contributed by atoms with Gasteiger partial charge in [-0.1, -0.05) is 12.1 Å². The average molecular weight is 819 g/mol. The van der Waals surface area contributed by atoms with Gasteiger partial charge in [-0.3, -0.25) is 34.2 Å². The number of ether oxygens (including phenoxy) is 1. The van der Waals surface area contributed by atoms with E-state index in [0.29, 0.717) is 80.7 Å². The second-order valence-electron chi connectivity index (χ2n) is 16.0. The third-order valence-electron chi connectivity index (χ3n) is 12.0. The number of aromatic amines is 1. The maximum absolute atomic E-state index is 15.0. The fraction of sp³-hybridized carbons (Fsp3) is 0.571. The maximum Gasteiger partial charge on any atom is 0.261 e. The van der Waals surface area contributed by atoms with E-state index >= 15 is 4.39 Å². The van der Waals surface area contributed by atoms with E-state index in [4.69, 9.17) is 4.74 Å². The molecule has 3 aromatic rings. The van der Waals surface area contributed by atoms with Crippen LogP contribution in [-0.2, 0) is 24.9 Å². The summed E-state index contributed by atoms with van der Waals surface area (Å²) in [5.41, 5.74) is 2.07. The van der Waals surface area contributed by atoms with Gasteiger partial charge in [0.15, 0.2) is 0 Å². The smallest absolute Gasteiger partial charge is 0.261 e. The molecule has 1 unspecified atom stereocenters. The monoisotopic (exact) mass is 818 g/mol. The molecule has 0 aliphatic carbocycles. The zero-order valence-corrected chi connectivity index (χ0v) is 34.0. The number of hydrogen-bond acceptors (Lipinski definition) is 11. The molecule has 58 heavy (non-hydrogen) atoms. The van der Waals surface area contributed by atoms with Gasteiger partial charge in [0.2, 0.25) is 23.6 Å². The van der Waals surface area contributed by atoms with Crippen LogP contribution in [0.4, 0.5) is 10.1 Å². The highest BCUT2D eigenvalue weighted by Gasteiger charge is 2.28. The van der Waals surface area contributed by atoms with Gasteiger partial charge < -0.3 is 30.2 Å². The summed E-state index contributed by atoms with van der Waals surface area (Å²) in [5.74, 6) is 1.16. The fourth-order valence-electron chi connectivity index (χ4n) is 8.43. The number of halogens is 1. The molecule has 4 saturated heterocycles. The Morgan fingerprint density at radius 3 is 2.34 bits per heavy atom. The molecule has 4 amide bonds. The van der Waals surface area contributed by atoms with Crippen molar-refractivity contribution in [3.05, 3.63) is 64.0 Å². The van der Waals surface area contributed by atoms with Crippen molar-refractivity contribution in [2.45, 2.75) is 81.3 Å². The van der Waals surface area contributed by atoms with Crippen molar-refractivity contribution in [1.29, 1.82) is 0 Å². The molecule has 4 aliphatic heterocycles. The molecule has 1 aromatic heterocycles. The number of fused-ring (bicyclic) bond motifs is 1. The highest BCUT2D eigenvalue weighted by atomic mass is 32.2. The molecule has 0 saturated carbocycles.